The Kier molecular flexibility index (Phi) is 4.22. The lowest BCUT2D eigenvalue weighted by Crippen LogP contribution is -2.36. The molecule has 6 heteroatoms. The molecule has 0 saturated carbocycles. The molecule has 0 unspecified atom stereocenters. The molecule has 21 heavy (non-hydrogen) atoms. The number of rotatable bonds is 3. The van der Waals surface area contributed by atoms with Crippen molar-refractivity contribution in [2.45, 2.75) is 23.7 Å². The molecule has 2 heterocycles. The molecule has 0 spiro atoms. The van der Waals surface area contributed by atoms with E-state index < -0.39 is 0 Å². The van der Waals surface area contributed by atoms with Crippen molar-refractivity contribution in [2.75, 3.05) is 18.5 Å². The van der Waals surface area contributed by atoms with E-state index in [9.17, 15) is 4.79 Å². The van der Waals surface area contributed by atoms with Crippen molar-refractivity contribution in [3.63, 3.8) is 0 Å². The lowest BCUT2D eigenvalue weighted by molar-refractivity contribution is 0.548. The Hall–Kier alpha value is -1.46. The smallest absolute Gasteiger partial charge is 0.350 e. The van der Waals surface area contributed by atoms with E-state index >= 15 is 0 Å². The molecule has 0 N–H and O–H groups in total. The number of aromatic nitrogens is 2. The Morgan fingerprint density at radius 1 is 1.33 bits per heavy atom. The third-order valence-electron chi connectivity index (χ3n) is 3.57. The third kappa shape index (κ3) is 3.09. The zero-order valence-corrected chi connectivity index (χ0v) is 13.3. The van der Waals surface area contributed by atoms with Crippen LogP contribution in [0.4, 0.5) is 5.82 Å². The quantitative estimate of drug-likeness (QED) is 0.643. The van der Waals surface area contributed by atoms with E-state index in [-0.39, 0.29) is 5.69 Å². The van der Waals surface area contributed by atoms with Crippen molar-refractivity contribution in [2.24, 2.45) is 0 Å². The summed E-state index contributed by atoms with van der Waals surface area (Å²) in [6, 6.07) is 9.73. The Bertz CT molecular complexity index is 716. The van der Waals surface area contributed by atoms with Gasteiger partial charge in [0.15, 0.2) is 0 Å². The Morgan fingerprint density at radius 3 is 2.95 bits per heavy atom. The van der Waals surface area contributed by atoms with Crippen molar-refractivity contribution in [1.29, 1.82) is 0 Å². The SMILES string of the molecule is CN1CCCn2c1cc(SCc1ccccc1Cl)nc2=O. The summed E-state index contributed by atoms with van der Waals surface area (Å²) in [5.41, 5.74) is 0.887. The van der Waals surface area contributed by atoms with Crippen LogP contribution in [-0.4, -0.2) is 23.1 Å². The molecule has 1 aliphatic heterocycles. The predicted octanol–water partition coefficient (Wildman–Crippen LogP) is 3.03. The second kappa shape index (κ2) is 6.12. The van der Waals surface area contributed by atoms with Gasteiger partial charge in [0.1, 0.15) is 10.8 Å². The van der Waals surface area contributed by atoms with Crippen LogP contribution in [0.3, 0.4) is 0 Å². The number of hydrogen-bond acceptors (Lipinski definition) is 4. The van der Waals surface area contributed by atoms with E-state index in [0.717, 1.165) is 40.9 Å². The summed E-state index contributed by atoms with van der Waals surface area (Å²) < 4.78 is 1.74. The molecule has 0 amide bonds. The topological polar surface area (TPSA) is 38.1 Å². The summed E-state index contributed by atoms with van der Waals surface area (Å²) in [6.07, 6.45) is 0.983. The zero-order valence-electron chi connectivity index (χ0n) is 11.8. The predicted molar refractivity (Wildman–Crippen MR) is 87.4 cm³/mol. The molecule has 0 radical (unpaired) electrons. The van der Waals surface area contributed by atoms with Gasteiger partial charge in [-0.3, -0.25) is 4.57 Å². The van der Waals surface area contributed by atoms with E-state index in [4.69, 9.17) is 11.6 Å². The summed E-state index contributed by atoms with van der Waals surface area (Å²) in [5, 5.41) is 1.50. The number of thioether (sulfide) groups is 1. The maximum atomic E-state index is 12.1. The summed E-state index contributed by atoms with van der Waals surface area (Å²) in [4.78, 5) is 18.4. The number of benzene rings is 1. The molecule has 0 fully saturated rings. The van der Waals surface area contributed by atoms with Crippen LogP contribution < -0.4 is 10.6 Å². The van der Waals surface area contributed by atoms with Crippen molar-refractivity contribution in [3.8, 4) is 0 Å². The van der Waals surface area contributed by atoms with Crippen LogP contribution in [0.2, 0.25) is 5.02 Å². The van der Waals surface area contributed by atoms with Gasteiger partial charge in [-0.15, -0.1) is 11.8 Å². The van der Waals surface area contributed by atoms with Crippen LogP contribution in [0.25, 0.3) is 0 Å². The summed E-state index contributed by atoms with van der Waals surface area (Å²) >= 11 is 7.69. The second-order valence-electron chi connectivity index (χ2n) is 5.04. The first-order chi connectivity index (χ1) is 10.1. The maximum absolute atomic E-state index is 12.1. The van der Waals surface area contributed by atoms with Crippen LogP contribution in [0, 0.1) is 0 Å². The van der Waals surface area contributed by atoms with Crippen LogP contribution in [0.5, 0.6) is 0 Å². The fourth-order valence-corrected chi connectivity index (χ4v) is 3.59. The van der Waals surface area contributed by atoms with E-state index in [0.29, 0.717) is 5.75 Å². The molecule has 0 saturated heterocycles. The van der Waals surface area contributed by atoms with E-state index in [2.05, 4.69) is 9.88 Å². The fraction of sp³-hybridized carbons (Fsp3) is 0.333. The van der Waals surface area contributed by atoms with Crippen molar-refractivity contribution in [3.05, 3.63) is 51.4 Å². The molecular weight excluding hydrogens is 306 g/mol. The number of halogens is 1. The van der Waals surface area contributed by atoms with E-state index in [1.54, 1.807) is 16.3 Å². The third-order valence-corrected chi connectivity index (χ3v) is 4.89. The molecule has 0 aliphatic carbocycles. The Labute approximate surface area is 132 Å². The number of nitrogens with zero attached hydrogens (tertiary/aromatic N) is 3. The molecule has 1 aromatic carbocycles. The fourth-order valence-electron chi connectivity index (χ4n) is 2.42. The average molecular weight is 322 g/mol. The van der Waals surface area contributed by atoms with Crippen LogP contribution in [0.15, 0.2) is 40.2 Å². The number of hydrogen-bond donors (Lipinski definition) is 0. The lowest BCUT2D eigenvalue weighted by atomic mass is 10.2. The first-order valence-electron chi connectivity index (χ1n) is 6.84. The van der Waals surface area contributed by atoms with Gasteiger partial charge in [-0.25, -0.2) is 4.79 Å². The molecular formula is C15H16ClN3OS. The lowest BCUT2D eigenvalue weighted by Gasteiger charge is -2.28. The van der Waals surface area contributed by atoms with Gasteiger partial charge in [0.2, 0.25) is 0 Å². The van der Waals surface area contributed by atoms with Crippen molar-refractivity contribution < 1.29 is 0 Å². The van der Waals surface area contributed by atoms with Gasteiger partial charge < -0.3 is 4.90 Å². The average Bonchev–Trinajstić information content (AvgIpc) is 2.48. The molecule has 1 aromatic heterocycles. The Balaban J connectivity index is 1.84. The van der Waals surface area contributed by atoms with E-state index in [1.807, 2.05) is 37.4 Å². The minimum Gasteiger partial charge on any atom is -0.361 e. The minimum absolute atomic E-state index is 0.166. The van der Waals surface area contributed by atoms with Gasteiger partial charge in [-0.05, 0) is 18.1 Å². The van der Waals surface area contributed by atoms with Crippen LogP contribution in [-0.2, 0) is 12.3 Å². The van der Waals surface area contributed by atoms with Gasteiger partial charge in [-0.1, -0.05) is 29.8 Å². The van der Waals surface area contributed by atoms with Gasteiger partial charge in [0.05, 0.1) is 0 Å². The summed E-state index contributed by atoms with van der Waals surface area (Å²) in [6.45, 7) is 1.72. The van der Waals surface area contributed by atoms with Gasteiger partial charge in [-0.2, -0.15) is 4.98 Å². The van der Waals surface area contributed by atoms with Crippen molar-refractivity contribution in [1.82, 2.24) is 9.55 Å². The van der Waals surface area contributed by atoms with Gasteiger partial charge in [0.25, 0.3) is 0 Å². The second-order valence-corrected chi connectivity index (χ2v) is 6.44. The highest BCUT2D eigenvalue weighted by Crippen LogP contribution is 2.27. The molecule has 1 aliphatic rings. The van der Waals surface area contributed by atoms with Gasteiger partial charge >= 0.3 is 5.69 Å². The highest BCUT2D eigenvalue weighted by atomic mass is 35.5. The van der Waals surface area contributed by atoms with E-state index in [1.165, 1.54) is 0 Å². The molecule has 4 nitrogen and oxygen atoms in total. The summed E-state index contributed by atoms with van der Waals surface area (Å²) in [7, 11) is 2.01. The highest BCUT2D eigenvalue weighted by Gasteiger charge is 2.16. The monoisotopic (exact) mass is 321 g/mol. The highest BCUT2D eigenvalue weighted by molar-refractivity contribution is 7.98. The first-order valence-corrected chi connectivity index (χ1v) is 8.21. The Morgan fingerprint density at radius 2 is 2.14 bits per heavy atom. The molecule has 0 atom stereocenters. The minimum atomic E-state index is -0.166. The molecule has 110 valence electrons. The van der Waals surface area contributed by atoms with Crippen LogP contribution in [0.1, 0.15) is 12.0 Å². The maximum Gasteiger partial charge on any atom is 0.350 e. The molecule has 0 bridgehead atoms. The van der Waals surface area contributed by atoms with Crippen LogP contribution >= 0.6 is 23.4 Å². The van der Waals surface area contributed by atoms with Crippen molar-refractivity contribution >= 4 is 29.2 Å². The molecule has 3 rings (SSSR count). The first kappa shape index (κ1) is 14.5. The van der Waals surface area contributed by atoms with Gasteiger partial charge in [0, 0.05) is 37.0 Å². The standard InChI is InChI=1S/C15H16ClN3OS/c1-18-7-4-8-19-14(18)9-13(17-15(19)20)21-10-11-5-2-3-6-12(11)16/h2-3,5-6,9H,4,7-8,10H2,1H3. The summed E-state index contributed by atoms with van der Waals surface area (Å²) in [5.74, 6) is 1.65. The molecule has 2 aromatic rings. The number of fused-ring (bicyclic) bond motifs is 1. The zero-order chi connectivity index (χ0) is 14.8. The number of anilines is 1. The largest absolute Gasteiger partial charge is 0.361 e. The normalized spacial score (nSPS) is 14.1.